The van der Waals surface area contributed by atoms with Crippen LogP contribution in [-0.4, -0.2) is 38.7 Å². The Labute approximate surface area is 122 Å². The largest absolute Gasteiger partial charge is 0.469 e. The summed E-state index contributed by atoms with van der Waals surface area (Å²) in [4.78, 5) is 23.3. The Morgan fingerprint density at radius 2 is 1.90 bits per heavy atom. The number of nitrogens with two attached hydrogens (primary N) is 1. The van der Waals surface area contributed by atoms with Gasteiger partial charge >= 0.3 is 5.97 Å². The molecule has 0 bridgehead atoms. The van der Waals surface area contributed by atoms with Crippen LogP contribution in [0.1, 0.15) is 18.0 Å². The summed E-state index contributed by atoms with van der Waals surface area (Å²) in [5.74, 6) is -1.36. The predicted molar refractivity (Wildman–Crippen MR) is 73.8 cm³/mol. The van der Waals surface area contributed by atoms with Gasteiger partial charge in [0.05, 0.1) is 26.2 Å². The molecule has 6 nitrogen and oxygen atoms in total. The van der Waals surface area contributed by atoms with Crippen molar-refractivity contribution in [2.24, 2.45) is 5.73 Å². The maximum Gasteiger partial charge on any atom is 0.307 e. The fourth-order valence-corrected chi connectivity index (χ4v) is 1.73. The van der Waals surface area contributed by atoms with Gasteiger partial charge in [-0.05, 0) is 17.7 Å². The van der Waals surface area contributed by atoms with Gasteiger partial charge in [-0.15, -0.1) is 0 Å². The lowest BCUT2D eigenvalue weighted by Crippen LogP contribution is -2.45. The lowest BCUT2D eigenvalue weighted by Gasteiger charge is -2.20. The van der Waals surface area contributed by atoms with Crippen LogP contribution >= 0.6 is 0 Å². The number of hydrogen-bond donors (Lipinski definition) is 2. The summed E-state index contributed by atoms with van der Waals surface area (Å²) in [6.07, 6.45) is -0.0758. The van der Waals surface area contributed by atoms with Crippen molar-refractivity contribution in [3.63, 3.8) is 0 Å². The topological polar surface area (TPSA) is 90.6 Å². The SMILES string of the molecule is COCC(N)C(=O)NC(CC(=O)OC)c1ccc(F)cc1. The predicted octanol–water partition coefficient (Wildman–Crippen LogP) is 0.520. The van der Waals surface area contributed by atoms with Crippen molar-refractivity contribution in [1.29, 1.82) is 0 Å². The number of carbonyl (C=O) groups is 2. The molecule has 0 aliphatic heterocycles. The molecule has 21 heavy (non-hydrogen) atoms. The number of benzene rings is 1. The third-order valence-corrected chi connectivity index (χ3v) is 2.87. The Hall–Kier alpha value is -1.99. The Morgan fingerprint density at radius 3 is 2.43 bits per heavy atom. The zero-order valence-electron chi connectivity index (χ0n) is 12.0. The van der Waals surface area contributed by atoms with E-state index >= 15 is 0 Å². The van der Waals surface area contributed by atoms with Crippen LogP contribution in [-0.2, 0) is 19.1 Å². The number of nitrogens with one attached hydrogen (secondary N) is 1. The van der Waals surface area contributed by atoms with Gasteiger partial charge in [0.2, 0.25) is 5.91 Å². The first-order valence-electron chi connectivity index (χ1n) is 6.35. The number of methoxy groups -OCH3 is 2. The van der Waals surface area contributed by atoms with E-state index in [1.54, 1.807) is 0 Å². The second-order valence-corrected chi connectivity index (χ2v) is 4.45. The fourth-order valence-electron chi connectivity index (χ4n) is 1.73. The van der Waals surface area contributed by atoms with Crippen molar-refractivity contribution in [2.75, 3.05) is 20.8 Å². The van der Waals surface area contributed by atoms with Gasteiger partial charge in [-0.1, -0.05) is 12.1 Å². The number of esters is 1. The molecule has 7 heteroatoms. The summed E-state index contributed by atoms with van der Waals surface area (Å²) in [5.41, 5.74) is 6.21. The Kier molecular flexibility index (Phi) is 6.77. The van der Waals surface area contributed by atoms with E-state index in [0.717, 1.165) is 0 Å². The van der Waals surface area contributed by atoms with Crippen LogP contribution in [0.15, 0.2) is 24.3 Å². The highest BCUT2D eigenvalue weighted by Gasteiger charge is 2.22. The molecule has 2 atom stereocenters. The zero-order chi connectivity index (χ0) is 15.8. The number of amides is 1. The fraction of sp³-hybridized carbons (Fsp3) is 0.429. The van der Waals surface area contributed by atoms with Crippen molar-refractivity contribution >= 4 is 11.9 Å². The first kappa shape index (κ1) is 17.1. The minimum absolute atomic E-state index is 0.0557. The molecular weight excluding hydrogens is 279 g/mol. The Balaban J connectivity index is 2.84. The van der Waals surface area contributed by atoms with Crippen LogP contribution in [0.2, 0.25) is 0 Å². The van der Waals surface area contributed by atoms with Gasteiger partial charge in [-0.25, -0.2) is 4.39 Å². The van der Waals surface area contributed by atoms with Gasteiger partial charge in [0.15, 0.2) is 0 Å². The van der Waals surface area contributed by atoms with E-state index in [1.807, 2.05) is 0 Å². The maximum atomic E-state index is 13.0. The monoisotopic (exact) mass is 298 g/mol. The minimum atomic E-state index is -0.851. The molecule has 1 amide bonds. The summed E-state index contributed by atoms with van der Waals surface area (Å²) < 4.78 is 22.4. The van der Waals surface area contributed by atoms with E-state index < -0.39 is 29.8 Å². The highest BCUT2D eigenvalue weighted by atomic mass is 19.1. The summed E-state index contributed by atoms with van der Waals surface area (Å²) in [5, 5.41) is 2.64. The number of carbonyl (C=O) groups excluding carboxylic acids is 2. The van der Waals surface area contributed by atoms with Gasteiger partial charge in [0.1, 0.15) is 11.9 Å². The third-order valence-electron chi connectivity index (χ3n) is 2.87. The molecule has 1 aromatic carbocycles. The normalized spacial score (nSPS) is 13.3. The van der Waals surface area contributed by atoms with Crippen LogP contribution in [0, 0.1) is 5.82 Å². The van der Waals surface area contributed by atoms with Crippen LogP contribution in [0.3, 0.4) is 0 Å². The van der Waals surface area contributed by atoms with Crippen LogP contribution in [0.5, 0.6) is 0 Å². The number of rotatable bonds is 7. The Morgan fingerprint density at radius 1 is 1.29 bits per heavy atom. The molecule has 1 rings (SSSR count). The molecule has 0 saturated carbocycles. The molecular formula is C14H19FN2O4. The average molecular weight is 298 g/mol. The summed E-state index contributed by atoms with van der Waals surface area (Å²) in [6.45, 7) is 0.0557. The zero-order valence-corrected chi connectivity index (χ0v) is 12.0. The molecule has 116 valence electrons. The van der Waals surface area contributed by atoms with E-state index in [2.05, 4.69) is 10.1 Å². The van der Waals surface area contributed by atoms with E-state index in [9.17, 15) is 14.0 Å². The van der Waals surface area contributed by atoms with Crippen molar-refractivity contribution in [3.05, 3.63) is 35.6 Å². The lowest BCUT2D eigenvalue weighted by molar-refractivity contribution is -0.141. The van der Waals surface area contributed by atoms with Gasteiger partial charge in [0, 0.05) is 7.11 Å². The van der Waals surface area contributed by atoms with E-state index in [-0.39, 0.29) is 13.0 Å². The summed E-state index contributed by atoms with van der Waals surface area (Å²) >= 11 is 0. The summed E-state index contributed by atoms with van der Waals surface area (Å²) in [6, 6.07) is 3.99. The molecule has 0 aromatic heterocycles. The van der Waals surface area contributed by atoms with Gasteiger partial charge < -0.3 is 20.5 Å². The van der Waals surface area contributed by atoms with Crippen molar-refractivity contribution in [1.82, 2.24) is 5.32 Å². The van der Waals surface area contributed by atoms with Crippen molar-refractivity contribution in [3.8, 4) is 0 Å². The third kappa shape index (κ3) is 5.49. The Bertz CT molecular complexity index is 478. The molecule has 0 spiro atoms. The second-order valence-electron chi connectivity index (χ2n) is 4.45. The molecule has 0 radical (unpaired) electrons. The molecule has 3 N–H and O–H groups in total. The maximum absolute atomic E-state index is 13.0. The van der Waals surface area contributed by atoms with Crippen LogP contribution < -0.4 is 11.1 Å². The molecule has 2 unspecified atom stereocenters. The number of halogens is 1. The molecule has 0 aliphatic carbocycles. The number of hydrogen-bond acceptors (Lipinski definition) is 5. The van der Waals surface area contributed by atoms with Gasteiger partial charge in [0.25, 0.3) is 0 Å². The molecule has 0 saturated heterocycles. The van der Waals surface area contributed by atoms with E-state index in [4.69, 9.17) is 10.5 Å². The second kappa shape index (κ2) is 8.33. The quantitative estimate of drug-likeness (QED) is 0.716. The van der Waals surface area contributed by atoms with E-state index in [1.165, 1.54) is 38.5 Å². The average Bonchev–Trinajstić information content (AvgIpc) is 2.47. The van der Waals surface area contributed by atoms with Crippen molar-refractivity contribution in [2.45, 2.75) is 18.5 Å². The van der Waals surface area contributed by atoms with E-state index in [0.29, 0.717) is 5.56 Å². The molecule has 0 heterocycles. The molecule has 0 fully saturated rings. The van der Waals surface area contributed by atoms with Crippen LogP contribution in [0.4, 0.5) is 4.39 Å². The summed E-state index contributed by atoms with van der Waals surface area (Å²) in [7, 11) is 2.68. The standard InChI is InChI=1S/C14H19FN2O4/c1-20-8-11(16)14(19)17-12(7-13(18)21-2)9-3-5-10(15)6-4-9/h3-6,11-12H,7-8,16H2,1-2H3,(H,17,19). The highest BCUT2D eigenvalue weighted by molar-refractivity contribution is 5.82. The van der Waals surface area contributed by atoms with Gasteiger partial charge in [-0.2, -0.15) is 0 Å². The minimum Gasteiger partial charge on any atom is -0.469 e. The van der Waals surface area contributed by atoms with Gasteiger partial charge in [-0.3, -0.25) is 9.59 Å². The first-order valence-corrected chi connectivity index (χ1v) is 6.35. The molecule has 0 aliphatic rings. The smallest absolute Gasteiger partial charge is 0.307 e. The first-order chi connectivity index (χ1) is 9.97. The van der Waals surface area contributed by atoms with Crippen LogP contribution in [0.25, 0.3) is 0 Å². The highest BCUT2D eigenvalue weighted by Crippen LogP contribution is 2.18. The number of ether oxygens (including phenoxy) is 2. The van der Waals surface area contributed by atoms with Crippen molar-refractivity contribution < 1.29 is 23.5 Å². The molecule has 1 aromatic rings. The lowest BCUT2D eigenvalue weighted by atomic mass is 10.0.